The van der Waals surface area contributed by atoms with Gasteiger partial charge in [0.1, 0.15) is 12.0 Å². The Balaban J connectivity index is 2.15. The van der Waals surface area contributed by atoms with Gasteiger partial charge in [-0.05, 0) is 24.8 Å². The largest absolute Gasteiger partial charge is 0.435 e. The van der Waals surface area contributed by atoms with Crippen molar-refractivity contribution < 1.29 is 18.6 Å². The van der Waals surface area contributed by atoms with E-state index in [0.29, 0.717) is 6.61 Å². The lowest BCUT2D eigenvalue weighted by atomic mass is 10.1. The smallest absolute Gasteiger partial charge is 0.318 e. The molecule has 0 aliphatic heterocycles. The fourth-order valence-corrected chi connectivity index (χ4v) is 3.37. The van der Waals surface area contributed by atoms with E-state index in [1.165, 1.54) is 0 Å². The molecule has 130 valence electrons. The molecule has 0 spiro atoms. The molecule has 24 heavy (non-hydrogen) atoms. The average molecular weight is 349 g/mol. The normalized spacial score (nSPS) is 15.0. The maximum atomic E-state index is 11.0. The van der Waals surface area contributed by atoms with Gasteiger partial charge in [0.05, 0.1) is 18.8 Å². The molecule has 1 N–H and O–H groups in total. The number of benzene rings is 2. The minimum atomic E-state index is -1.46. The van der Waals surface area contributed by atoms with E-state index in [-0.39, 0.29) is 12.1 Å². The van der Waals surface area contributed by atoms with Crippen molar-refractivity contribution in [3.05, 3.63) is 42.5 Å². The van der Waals surface area contributed by atoms with Crippen molar-refractivity contribution in [2.45, 2.75) is 32.4 Å². The Morgan fingerprint density at radius 2 is 1.96 bits per heavy atom. The Bertz CT molecular complexity index is 642. The van der Waals surface area contributed by atoms with Crippen molar-refractivity contribution >= 4 is 25.6 Å². The van der Waals surface area contributed by atoms with Crippen LogP contribution in [0, 0.1) is 0 Å². The average Bonchev–Trinajstić information content (AvgIpc) is 2.62. The Kier molecular flexibility index (Phi) is 7.60. The fraction of sp³-hybridized carbons (Fsp3) is 0.389. The number of rotatable bonds is 10. The summed E-state index contributed by atoms with van der Waals surface area (Å²) < 4.78 is 17.2. The predicted molar refractivity (Wildman–Crippen MR) is 97.2 cm³/mol. The van der Waals surface area contributed by atoms with Crippen molar-refractivity contribution in [1.29, 1.82) is 0 Å². The van der Waals surface area contributed by atoms with Gasteiger partial charge in [-0.25, -0.2) is 5.09 Å². The first-order chi connectivity index (χ1) is 11.7. The molecule has 0 saturated carbocycles. The highest BCUT2D eigenvalue weighted by molar-refractivity contribution is 7.45. The lowest BCUT2D eigenvalue weighted by molar-refractivity contribution is -0.108. The van der Waals surface area contributed by atoms with Crippen LogP contribution >= 0.6 is 8.53 Å². The standard InChI is InChI=1S/C18H24NO4P/c1-4-16(21-3)13-22-24(19-14(2)12-20)23-18-11-7-9-15-8-5-6-10-17(15)18/h5-12,14,16,19H,4,13H2,1-3H3/t14-,16?,24?/m0/s1. The summed E-state index contributed by atoms with van der Waals surface area (Å²) in [5, 5.41) is 5.18. The van der Waals surface area contributed by atoms with E-state index >= 15 is 0 Å². The second-order valence-electron chi connectivity index (χ2n) is 5.44. The van der Waals surface area contributed by atoms with E-state index < -0.39 is 8.53 Å². The van der Waals surface area contributed by atoms with Crippen molar-refractivity contribution in [2.24, 2.45) is 0 Å². The zero-order valence-electron chi connectivity index (χ0n) is 14.3. The molecule has 0 saturated heterocycles. The maximum absolute atomic E-state index is 11.0. The molecule has 6 heteroatoms. The molecule has 0 fully saturated rings. The monoisotopic (exact) mass is 349 g/mol. The summed E-state index contributed by atoms with van der Waals surface area (Å²) in [4.78, 5) is 11.0. The second kappa shape index (κ2) is 9.70. The molecule has 0 radical (unpaired) electrons. The molecule has 2 rings (SSSR count). The van der Waals surface area contributed by atoms with Crippen LogP contribution in [0.3, 0.4) is 0 Å². The highest BCUT2D eigenvalue weighted by atomic mass is 31.2. The molecule has 0 aromatic heterocycles. The van der Waals surface area contributed by atoms with Crippen LogP contribution in [0.15, 0.2) is 42.5 Å². The molecule has 0 bridgehead atoms. The number of carbonyl (C=O) groups is 1. The zero-order valence-corrected chi connectivity index (χ0v) is 15.2. The van der Waals surface area contributed by atoms with Crippen LogP contribution in [-0.4, -0.2) is 32.1 Å². The number of hydrogen-bond donors (Lipinski definition) is 1. The molecule has 3 atom stereocenters. The number of fused-ring (bicyclic) bond motifs is 1. The van der Waals surface area contributed by atoms with Crippen LogP contribution < -0.4 is 9.61 Å². The van der Waals surface area contributed by atoms with E-state index in [0.717, 1.165) is 29.2 Å². The van der Waals surface area contributed by atoms with Crippen LogP contribution in [-0.2, 0) is 14.1 Å². The second-order valence-corrected chi connectivity index (χ2v) is 6.65. The third-order valence-electron chi connectivity index (χ3n) is 3.61. The predicted octanol–water partition coefficient (Wildman–Crippen LogP) is 4.06. The number of nitrogens with one attached hydrogen (secondary N) is 1. The van der Waals surface area contributed by atoms with Crippen LogP contribution in [0.25, 0.3) is 10.8 Å². The third kappa shape index (κ3) is 5.25. The van der Waals surface area contributed by atoms with E-state index in [9.17, 15) is 4.79 Å². The van der Waals surface area contributed by atoms with E-state index in [4.69, 9.17) is 13.8 Å². The Morgan fingerprint density at radius 1 is 1.21 bits per heavy atom. The highest BCUT2D eigenvalue weighted by Gasteiger charge is 2.19. The Hall–Kier alpha value is -1.52. The number of methoxy groups -OCH3 is 1. The Labute approximate surface area is 144 Å². The minimum Gasteiger partial charge on any atom is -0.435 e. The van der Waals surface area contributed by atoms with Crippen molar-refractivity contribution in [3.8, 4) is 5.75 Å². The van der Waals surface area contributed by atoms with Gasteiger partial charge in [0, 0.05) is 12.5 Å². The summed E-state index contributed by atoms with van der Waals surface area (Å²) in [6.07, 6.45) is 1.68. The van der Waals surface area contributed by atoms with Crippen molar-refractivity contribution in [3.63, 3.8) is 0 Å². The molecule has 0 heterocycles. The maximum Gasteiger partial charge on any atom is 0.318 e. The highest BCUT2D eigenvalue weighted by Crippen LogP contribution is 2.39. The summed E-state index contributed by atoms with van der Waals surface area (Å²) in [5.41, 5.74) is 0. The lowest BCUT2D eigenvalue weighted by Crippen LogP contribution is -2.27. The van der Waals surface area contributed by atoms with E-state index in [1.54, 1.807) is 14.0 Å². The van der Waals surface area contributed by atoms with Gasteiger partial charge in [-0.2, -0.15) is 0 Å². The molecular formula is C18H24NO4P. The molecule has 2 aromatic rings. The topological polar surface area (TPSA) is 56.8 Å². The summed E-state index contributed by atoms with van der Waals surface area (Å²) in [7, 11) is 0.199. The SMILES string of the molecule is CCC(COP(N[C@@H](C)C=O)Oc1cccc2ccccc12)OC. The summed E-state index contributed by atoms with van der Waals surface area (Å²) in [5.74, 6) is 0.732. The summed E-state index contributed by atoms with van der Waals surface area (Å²) >= 11 is 0. The van der Waals surface area contributed by atoms with Crippen LogP contribution in [0.2, 0.25) is 0 Å². The van der Waals surface area contributed by atoms with Crippen LogP contribution in [0.5, 0.6) is 5.75 Å². The summed E-state index contributed by atoms with van der Waals surface area (Å²) in [6, 6.07) is 13.5. The third-order valence-corrected chi connectivity index (χ3v) is 4.97. The van der Waals surface area contributed by atoms with Gasteiger partial charge in [-0.15, -0.1) is 0 Å². The Morgan fingerprint density at radius 3 is 2.67 bits per heavy atom. The lowest BCUT2D eigenvalue weighted by Gasteiger charge is -2.23. The number of carbonyl (C=O) groups excluding carboxylic acids is 1. The van der Waals surface area contributed by atoms with Gasteiger partial charge in [0.25, 0.3) is 0 Å². The van der Waals surface area contributed by atoms with Gasteiger partial charge in [0.15, 0.2) is 0 Å². The van der Waals surface area contributed by atoms with Crippen LogP contribution in [0.4, 0.5) is 0 Å². The first kappa shape index (κ1) is 18.8. The molecule has 0 amide bonds. The first-order valence-electron chi connectivity index (χ1n) is 8.01. The van der Waals surface area contributed by atoms with E-state index in [1.807, 2.05) is 49.4 Å². The molecule has 2 aromatic carbocycles. The van der Waals surface area contributed by atoms with E-state index in [2.05, 4.69) is 5.09 Å². The molecule has 5 nitrogen and oxygen atoms in total. The number of ether oxygens (including phenoxy) is 1. The number of hydrogen-bond acceptors (Lipinski definition) is 5. The zero-order chi connectivity index (χ0) is 17.4. The van der Waals surface area contributed by atoms with Gasteiger partial charge in [-0.1, -0.05) is 43.3 Å². The van der Waals surface area contributed by atoms with Crippen molar-refractivity contribution in [1.82, 2.24) is 5.09 Å². The number of aldehydes is 1. The molecular weight excluding hydrogens is 325 g/mol. The molecule has 0 aliphatic rings. The van der Waals surface area contributed by atoms with Gasteiger partial charge < -0.3 is 18.6 Å². The van der Waals surface area contributed by atoms with Gasteiger partial charge in [-0.3, -0.25) is 0 Å². The van der Waals surface area contributed by atoms with Gasteiger partial charge in [0.2, 0.25) is 0 Å². The van der Waals surface area contributed by atoms with Crippen LogP contribution in [0.1, 0.15) is 20.3 Å². The van der Waals surface area contributed by atoms with Gasteiger partial charge >= 0.3 is 8.53 Å². The fourth-order valence-electron chi connectivity index (χ4n) is 2.15. The molecule has 2 unspecified atom stereocenters. The molecule has 0 aliphatic carbocycles. The first-order valence-corrected chi connectivity index (χ1v) is 9.18. The quantitative estimate of drug-likeness (QED) is 0.518. The summed E-state index contributed by atoms with van der Waals surface area (Å²) in [6.45, 7) is 4.21. The van der Waals surface area contributed by atoms with Crippen molar-refractivity contribution in [2.75, 3.05) is 13.7 Å². The minimum absolute atomic E-state index is 0.000505.